The number of rotatable bonds is 11. The number of piperidine rings is 1. The first-order chi connectivity index (χ1) is 22.2. The lowest BCUT2D eigenvalue weighted by molar-refractivity contribution is -0.153. The molecule has 0 aliphatic carbocycles. The Kier molecular flexibility index (Phi) is 9.52. The predicted molar refractivity (Wildman–Crippen MR) is 173 cm³/mol. The quantitative estimate of drug-likeness (QED) is 0.163. The molecule has 6 rings (SSSR count). The Morgan fingerprint density at radius 3 is 2.52 bits per heavy atom. The van der Waals surface area contributed by atoms with Crippen molar-refractivity contribution in [2.45, 2.75) is 52.4 Å². The lowest BCUT2D eigenvalue weighted by atomic mass is 9.77. The van der Waals surface area contributed by atoms with Gasteiger partial charge in [0.15, 0.2) is 0 Å². The zero-order chi connectivity index (χ0) is 32.3. The van der Waals surface area contributed by atoms with E-state index in [0.29, 0.717) is 69.3 Å². The van der Waals surface area contributed by atoms with Crippen molar-refractivity contribution in [3.63, 3.8) is 0 Å². The van der Waals surface area contributed by atoms with Gasteiger partial charge in [-0.2, -0.15) is 0 Å². The summed E-state index contributed by atoms with van der Waals surface area (Å²) in [5, 5.41) is 1.08. The summed E-state index contributed by atoms with van der Waals surface area (Å²) in [4.78, 5) is 36.1. The van der Waals surface area contributed by atoms with Crippen LogP contribution in [0.3, 0.4) is 0 Å². The zero-order valence-corrected chi connectivity index (χ0v) is 26.9. The van der Waals surface area contributed by atoms with Crippen LogP contribution in [-0.2, 0) is 27.2 Å². The van der Waals surface area contributed by atoms with Crippen LogP contribution in [0.4, 0.5) is 4.39 Å². The van der Waals surface area contributed by atoms with Crippen molar-refractivity contribution in [2.75, 3.05) is 32.9 Å². The van der Waals surface area contributed by atoms with Gasteiger partial charge in [0.25, 0.3) is 0 Å². The topological polar surface area (TPSA) is 90.8 Å². The molecule has 8 nitrogen and oxygen atoms in total. The van der Waals surface area contributed by atoms with Crippen LogP contribution in [-0.4, -0.2) is 59.5 Å². The van der Waals surface area contributed by atoms with Gasteiger partial charge in [0.1, 0.15) is 29.4 Å². The first kappa shape index (κ1) is 31.9. The van der Waals surface area contributed by atoms with Gasteiger partial charge in [-0.05, 0) is 74.1 Å². The number of Topliss-reactive ketones (excluding diaryl/α,β-unsaturated/α-hetero) is 1. The minimum absolute atomic E-state index is 0.00613. The summed E-state index contributed by atoms with van der Waals surface area (Å²) >= 11 is 6.52. The van der Waals surface area contributed by atoms with Crippen molar-refractivity contribution in [3.05, 3.63) is 88.0 Å². The minimum Gasteiger partial charge on any atom is -0.493 e. The average molecular weight is 646 g/mol. The van der Waals surface area contributed by atoms with Crippen molar-refractivity contribution in [2.24, 2.45) is 5.41 Å². The van der Waals surface area contributed by atoms with E-state index in [1.54, 1.807) is 30.3 Å². The Morgan fingerprint density at radius 2 is 1.78 bits per heavy atom. The van der Waals surface area contributed by atoms with Gasteiger partial charge in [-0.1, -0.05) is 35.4 Å². The second-order valence-electron chi connectivity index (χ2n) is 12.5. The van der Waals surface area contributed by atoms with Crippen LogP contribution < -0.4 is 9.47 Å². The third-order valence-electron chi connectivity index (χ3n) is 8.90. The molecule has 2 saturated heterocycles. The maximum Gasteiger partial charge on any atom is 0.230 e. The van der Waals surface area contributed by atoms with Crippen molar-refractivity contribution < 1.29 is 28.2 Å². The fourth-order valence-electron chi connectivity index (χ4n) is 6.05. The molecular weight excluding hydrogens is 609 g/mol. The molecule has 0 atom stereocenters. The molecule has 2 aliphatic heterocycles. The number of carbonyl (C=O) groups excluding carboxylic acids is 2. The fourth-order valence-corrected chi connectivity index (χ4v) is 6.29. The van der Waals surface area contributed by atoms with E-state index in [9.17, 15) is 14.0 Å². The molecular formula is C36H37ClFN3O5. The van der Waals surface area contributed by atoms with E-state index in [4.69, 9.17) is 25.8 Å². The average Bonchev–Trinajstić information content (AvgIpc) is 3.02. The van der Waals surface area contributed by atoms with Crippen LogP contribution in [0.15, 0.2) is 54.9 Å². The molecule has 2 fully saturated rings. The van der Waals surface area contributed by atoms with Crippen LogP contribution in [0.2, 0.25) is 5.02 Å². The van der Waals surface area contributed by atoms with Crippen LogP contribution >= 0.6 is 11.6 Å². The van der Waals surface area contributed by atoms with E-state index in [1.807, 2.05) is 30.9 Å². The molecule has 1 aromatic heterocycles. The molecule has 3 aromatic carbocycles. The number of fused-ring (bicyclic) bond motifs is 1. The number of aryl methyl sites for hydroxylation is 2. The number of hydrogen-bond donors (Lipinski definition) is 0. The molecule has 3 heterocycles. The van der Waals surface area contributed by atoms with Crippen molar-refractivity contribution in [1.29, 1.82) is 0 Å². The molecule has 2 aliphatic rings. The molecule has 240 valence electrons. The van der Waals surface area contributed by atoms with Gasteiger partial charge in [-0.3, -0.25) is 9.59 Å². The summed E-state index contributed by atoms with van der Waals surface area (Å²) in [7, 11) is 0. The number of carbonyl (C=O) groups is 2. The number of amides is 1. The van der Waals surface area contributed by atoms with Gasteiger partial charge in [-0.25, -0.2) is 14.4 Å². The summed E-state index contributed by atoms with van der Waals surface area (Å²) in [6.07, 6.45) is 4.63. The Bertz CT molecular complexity index is 1770. The highest BCUT2D eigenvalue weighted by Crippen LogP contribution is 2.38. The summed E-state index contributed by atoms with van der Waals surface area (Å²) < 4.78 is 31.7. The summed E-state index contributed by atoms with van der Waals surface area (Å²) in [6, 6.07) is 13.6. The van der Waals surface area contributed by atoms with Crippen molar-refractivity contribution >= 4 is 34.2 Å². The molecule has 0 radical (unpaired) electrons. The summed E-state index contributed by atoms with van der Waals surface area (Å²) in [5.74, 6) is 1.16. The SMILES string of the molecule is Cc1ccc(F)c(CC(=O)Cc2ccc(Oc3ncnc4cc(OCCCC(=O)N5CCC6(CC5)COC6)c(C)cc34)cc2Cl)c1. The predicted octanol–water partition coefficient (Wildman–Crippen LogP) is 6.98. The maximum atomic E-state index is 14.1. The fraction of sp³-hybridized carbons (Fsp3) is 0.389. The van der Waals surface area contributed by atoms with Gasteiger partial charge in [-0.15, -0.1) is 0 Å². The second-order valence-corrected chi connectivity index (χ2v) is 12.9. The first-order valence-electron chi connectivity index (χ1n) is 15.6. The van der Waals surface area contributed by atoms with Gasteiger partial charge in [0, 0.05) is 48.9 Å². The largest absolute Gasteiger partial charge is 0.493 e. The van der Waals surface area contributed by atoms with Gasteiger partial charge in [0.05, 0.1) is 30.7 Å². The van der Waals surface area contributed by atoms with E-state index in [-0.39, 0.29) is 24.5 Å². The van der Waals surface area contributed by atoms with E-state index in [0.717, 1.165) is 50.3 Å². The Morgan fingerprint density at radius 1 is 1.00 bits per heavy atom. The number of likely N-dealkylation sites (tertiary alicyclic amines) is 1. The highest BCUT2D eigenvalue weighted by molar-refractivity contribution is 6.31. The lowest BCUT2D eigenvalue weighted by Gasteiger charge is -2.47. The van der Waals surface area contributed by atoms with Gasteiger partial charge in [0.2, 0.25) is 11.8 Å². The minimum atomic E-state index is -0.391. The Hall–Kier alpha value is -4.08. The van der Waals surface area contributed by atoms with Crippen LogP contribution in [0, 0.1) is 25.1 Å². The van der Waals surface area contributed by atoms with E-state index in [1.165, 1.54) is 12.4 Å². The third kappa shape index (κ3) is 7.32. The smallest absolute Gasteiger partial charge is 0.230 e. The number of halogens is 2. The molecule has 0 N–H and O–H groups in total. The third-order valence-corrected chi connectivity index (χ3v) is 9.25. The molecule has 1 spiro atoms. The van der Waals surface area contributed by atoms with Crippen molar-refractivity contribution in [3.8, 4) is 17.4 Å². The summed E-state index contributed by atoms with van der Waals surface area (Å²) in [6.45, 7) is 7.50. The molecule has 0 unspecified atom stereocenters. The number of benzene rings is 3. The molecule has 1 amide bonds. The highest BCUT2D eigenvalue weighted by atomic mass is 35.5. The van der Waals surface area contributed by atoms with Gasteiger partial charge >= 0.3 is 0 Å². The highest BCUT2D eigenvalue weighted by Gasteiger charge is 2.41. The molecule has 4 aromatic rings. The van der Waals surface area contributed by atoms with Crippen LogP contribution in [0.5, 0.6) is 17.4 Å². The number of nitrogens with zero attached hydrogens (tertiary/aromatic N) is 3. The molecule has 0 saturated carbocycles. The molecule has 0 bridgehead atoms. The van der Waals surface area contributed by atoms with Crippen LogP contribution in [0.1, 0.15) is 47.9 Å². The Balaban J connectivity index is 1.04. The number of ether oxygens (including phenoxy) is 3. The van der Waals surface area contributed by atoms with E-state index >= 15 is 0 Å². The van der Waals surface area contributed by atoms with Crippen molar-refractivity contribution in [1.82, 2.24) is 14.9 Å². The first-order valence-corrected chi connectivity index (χ1v) is 16.0. The van der Waals surface area contributed by atoms with Crippen LogP contribution in [0.25, 0.3) is 10.9 Å². The number of aromatic nitrogens is 2. The zero-order valence-electron chi connectivity index (χ0n) is 26.1. The maximum absolute atomic E-state index is 14.1. The monoisotopic (exact) mass is 645 g/mol. The van der Waals surface area contributed by atoms with Gasteiger partial charge < -0.3 is 19.1 Å². The number of hydrogen-bond acceptors (Lipinski definition) is 7. The Labute approximate surface area is 272 Å². The second kappa shape index (κ2) is 13.7. The number of ketones is 1. The normalized spacial score (nSPS) is 15.5. The standard InChI is InChI=1S/C36H37ClFN3O5/c1-23-5-8-31(38)26(14-23)17-27(42)16-25-6-7-28(18-30(25)37)46-35-29-15-24(2)33(19-32(29)39-22-40-35)45-13-3-4-34(43)41-11-9-36(10-12-41)20-44-21-36/h5-8,14-15,18-19,22H,3-4,9-13,16-17,20-21H2,1-2H3. The lowest BCUT2D eigenvalue weighted by Crippen LogP contribution is -2.52. The van der Waals surface area contributed by atoms with E-state index in [2.05, 4.69) is 9.97 Å². The van der Waals surface area contributed by atoms with E-state index < -0.39 is 5.82 Å². The molecule has 46 heavy (non-hydrogen) atoms. The summed E-state index contributed by atoms with van der Waals surface area (Å²) in [5.41, 5.74) is 3.76. The molecule has 10 heteroatoms.